The van der Waals surface area contributed by atoms with Gasteiger partial charge in [0.25, 0.3) is 5.56 Å². The molecule has 2 aromatic rings. The second-order valence-electron chi connectivity index (χ2n) is 5.91. The molecule has 0 aliphatic rings. The van der Waals surface area contributed by atoms with Crippen molar-refractivity contribution < 1.29 is 17.2 Å². The molecule has 1 heterocycles. The van der Waals surface area contributed by atoms with E-state index in [4.69, 9.17) is 0 Å². The molecule has 2 rings (SSSR count). The first-order valence-electron chi connectivity index (χ1n) is 7.84. The molecule has 0 fully saturated rings. The molecule has 1 atom stereocenters. The topological polar surface area (TPSA) is 75.2 Å². The molecule has 25 heavy (non-hydrogen) atoms. The zero-order chi connectivity index (χ0) is 18.8. The van der Waals surface area contributed by atoms with Crippen LogP contribution in [-0.4, -0.2) is 35.3 Å². The number of rotatable bonds is 7. The number of nitrogens with zero attached hydrogens (tertiary/aromatic N) is 2. The Morgan fingerprint density at radius 1 is 1.28 bits per heavy atom. The standard InChI is InChI=1S/C16H21F2N3O3S/c1-4-7-20(25(3,23)24)10-12-8-15(18)13(9-14(12)17)11(2)21-16(22)5-6-19-21/h5-6,8-9,11,19H,4,7,10H2,1-3H3. The Morgan fingerprint density at radius 2 is 1.96 bits per heavy atom. The van der Waals surface area contributed by atoms with E-state index >= 15 is 0 Å². The third kappa shape index (κ3) is 4.35. The van der Waals surface area contributed by atoms with Gasteiger partial charge < -0.3 is 5.10 Å². The minimum absolute atomic E-state index is 0.00666. The van der Waals surface area contributed by atoms with Crippen molar-refractivity contribution in [1.82, 2.24) is 14.1 Å². The Morgan fingerprint density at radius 3 is 2.48 bits per heavy atom. The molecular weight excluding hydrogens is 352 g/mol. The van der Waals surface area contributed by atoms with Gasteiger partial charge in [0, 0.05) is 36.5 Å². The summed E-state index contributed by atoms with van der Waals surface area (Å²) in [6.45, 7) is 3.34. The maximum absolute atomic E-state index is 14.5. The Labute approximate surface area is 145 Å². The van der Waals surface area contributed by atoms with Crippen LogP contribution in [-0.2, 0) is 16.6 Å². The van der Waals surface area contributed by atoms with Crippen LogP contribution in [0.4, 0.5) is 8.78 Å². The molecular formula is C16H21F2N3O3S. The summed E-state index contributed by atoms with van der Waals surface area (Å²) in [4.78, 5) is 11.7. The summed E-state index contributed by atoms with van der Waals surface area (Å²) < 4.78 is 54.7. The van der Waals surface area contributed by atoms with E-state index < -0.39 is 27.7 Å². The number of aromatic amines is 1. The van der Waals surface area contributed by atoms with Crippen LogP contribution in [0.3, 0.4) is 0 Å². The number of benzene rings is 1. The molecule has 1 unspecified atom stereocenters. The lowest BCUT2D eigenvalue weighted by Crippen LogP contribution is -2.30. The smallest absolute Gasteiger partial charge is 0.266 e. The van der Waals surface area contributed by atoms with Gasteiger partial charge in [-0.2, -0.15) is 4.31 Å². The molecule has 0 amide bonds. The lowest BCUT2D eigenvalue weighted by atomic mass is 10.0. The molecule has 0 aliphatic carbocycles. The summed E-state index contributed by atoms with van der Waals surface area (Å²) in [6.07, 6.45) is 3.00. The van der Waals surface area contributed by atoms with Crippen LogP contribution in [0.2, 0.25) is 0 Å². The number of hydrogen-bond acceptors (Lipinski definition) is 3. The molecule has 0 aliphatic heterocycles. The summed E-state index contributed by atoms with van der Waals surface area (Å²) in [5.74, 6) is -1.41. The summed E-state index contributed by atoms with van der Waals surface area (Å²) >= 11 is 0. The van der Waals surface area contributed by atoms with Crippen LogP contribution < -0.4 is 5.56 Å². The second-order valence-corrected chi connectivity index (χ2v) is 7.89. The van der Waals surface area contributed by atoms with Gasteiger partial charge in [0.1, 0.15) is 11.6 Å². The highest BCUT2D eigenvalue weighted by atomic mass is 32.2. The molecule has 0 saturated carbocycles. The molecule has 0 bridgehead atoms. The van der Waals surface area contributed by atoms with E-state index in [0.717, 1.165) is 22.7 Å². The predicted octanol–water partition coefficient (Wildman–Crippen LogP) is 2.24. The lowest BCUT2D eigenvalue weighted by molar-refractivity contribution is 0.399. The molecule has 1 N–H and O–H groups in total. The monoisotopic (exact) mass is 373 g/mol. The number of sulfonamides is 1. The van der Waals surface area contributed by atoms with Crippen LogP contribution in [0.25, 0.3) is 0 Å². The fourth-order valence-corrected chi connectivity index (χ4v) is 3.51. The van der Waals surface area contributed by atoms with Gasteiger partial charge in [0.05, 0.1) is 12.3 Å². The Bertz CT molecular complexity index is 906. The number of H-pyrrole nitrogens is 1. The molecule has 138 valence electrons. The Hall–Kier alpha value is -2.00. The largest absolute Gasteiger partial charge is 0.302 e. The van der Waals surface area contributed by atoms with Gasteiger partial charge in [-0.15, -0.1) is 0 Å². The molecule has 0 spiro atoms. The highest BCUT2D eigenvalue weighted by Gasteiger charge is 2.22. The number of aromatic nitrogens is 2. The highest BCUT2D eigenvalue weighted by molar-refractivity contribution is 7.88. The summed E-state index contributed by atoms with van der Waals surface area (Å²) in [7, 11) is -3.53. The van der Waals surface area contributed by atoms with Gasteiger partial charge in [-0.05, 0) is 25.5 Å². The second kappa shape index (κ2) is 7.49. The van der Waals surface area contributed by atoms with E-state index in [0.29, 0.717) is 6.42 Å². The quantitative estimate of drug-likeness (QED) is 0.809. The fourth-order valence-electron chi connectivity index (χ4n) is 2.62. The number of halogens is 2. The Kier molecular flexibility index (Phi) is 5.79. The molecule has 1 aromatic heterocycles. The van der Waals surface area contributed by atoms with Gasteiger partial charge in [0.2, 0.25) is 10.0 Å². The van der Waals surface area contributed by atoms with E-state index in [1.54, 1.807) is 13.8 Å². The van der Waals surface area contributed by atoms with Crippen LogP contribution in [0.5, 0.6) is 0 Å². The van der Waals surface area contributed by atoms with Crippen LogP contribution in [0.15, 0.2) is 29.2 Å². The molecule has 0 saturated heterocycles. The van der Waals surface area contributed by atoms with Crippen LogP contribution >= 0.6 is 0 Å². The number of nitrogens with one attached hydrogen (secondary N) is 1. The van der Waals surface area contributed by atoms with Crippen molar-refractivity contribution in [1.29, 1.82) is 0 Å². The number of hydrogen-bond donors (Lipinski definition) is 1. The van der Waals surface area contributed by atoms with Crippen molar-refractivity contribution in [3.05, 3.63) is 57.5 Å². The average molecular weight is 373 g/mol. The van der Waals surface area contributed by atoms with Gasteiger partial charge in [0.15, 0.2) is 0 Å². The molecule has 1 aromatic carbocycles. The average Bonchev–Trinajstić information content (AvgIpc) is 2.94. The lowest BCUT2D eigenvalue weighted by Gasteiger charge is -2.21. The van der Waals surface area contributed by atoms with Crippen molar-refractivity contribution in [3.63, 3.8) is 0 Å². The van der Waals surface area contributed by atoms with E-state index in [9.17, 15) is 22.0 Å². The minimum Gasteiger partial charge on any atom is -0.302 e. The molecule has 0 radical (unpaired) electrons. The van der Waals surface area contributed by atoms with Gasteiger partial charge >= 0.3 is 0 Å². The molecule has 9 heteroatoms. The van der Waals surface area contributed by atoms with Gasteiger partial charge in [-0.3, -0.25) is 4.79 Å². The van der Waals surface area contributed by atoms with Crippen LogP contribution in [0, 0.1) is 11.6 Å². The summed E-state index contributed by atoms with van der Waals surface area (Å²) in [6, 6.07) is 2.55. The normalized spacial score (nSPS) is 13.4. The van der Waals surface area contributed by atoms with Crippen molar-refractivity contribution in [2.75, 3.05) is 12.8 Å². The zero-order valence-electron chi connectivity index (χ0n) is 14.3. The van der Waals surface area contributed by atoms with E-state index in [-0.39, 0.29) is 29.8 Å². The summed E-state index contributed by atoms with van der Waals surface area (Å²) in [5, 5.41) is 2.66. The van der Waals surface area contributed by atoms with Crippen molar-refractivity contribution >= 4 is 10.0 Å². The van der Waals surface area contributed by atoms with Crippen molar-refractivity contribution in [3.8, 4) is 0 Å². The third-order valence-electron chi connectivity index (χ3n) is 3.97. The van der Waals surface area contributed by atoms with E-state index in [2.05, 4.69) is 5.10 Å². The zero-order valence-corrected chi connectivity index (χ0v) is 15.1. The third-order valence-corrected chi connectivity index (χ3v) is 5.22. The van der Waals surface area contributed by atoms with E-state index in [1.807, 2.05) is 0 Å². The first kappa shape index (κ1) is 19.3. The SMILES string of the molecule is CCCN(Cc1cc(F)c(C(C)n2[nH]ccc2=O)cc1F)S(C)(=O)=O. The van der Waals surface area contributed by atoms with Gasteiger partial charge in [-0.25, -0.2) is 21.9 Å². The minimum atomic E-state index is -3.53. The predicted molar refractivity (Wildman–Crippen MR) is 90.8 cm³/mol. The highest BCUT2D eigenvalue weighted by Crippen LogP contribution is 2.24. The summed E-state index contributed by atoms with van der Waals surface area (Å²) in [5.41, 5.74) is -0.402. The van der Waals surface area contributed by atoms with Crippen molar-refractivity contribution in [2.45, 2.75) is 32.9 Å². The first-order chi connectivity index (χ1) is 11.6. The van der Waals surface area contributed by atoms with Crippen LogP contribution in [0.1, 0.15) is 37.4 Å². The van der Waals surface area contributed by atoms with Crippen molar-refractivity contribution in [2.24, 2.45) is 0 Å². The van der Waals surface area contributed by atoms with E-state index in [1.165, 1.54) is 16.9 Å². The Balaban J connectivity index is 2.37. The fraction of sp³-hybridized carbons (Fsp3) is 0.438. The molecule has 6 nitrogen and oxygen atoms in total. The van der Waals surface area contributed by atoms with Gasteiger partial charge in [-0.1, -0.05) is 6.92 Å². The maximum Gasteiger partial charge on any atom is 0.266 e. The maximum atomic E-state index is 14.5. The first-order valence-corrected chi connectivity index (χ1v) is 9.68.